The molecule has 1 aromatic rings. The van der Waals surface area contributed by atoms with Crippen molar-refractivity contribution >= 4 is 5.71 Å². The third-order valence-electron chi connectivity index (χ3n) is 1.30. The monoisotopic (exact) mass is 152 g/mol. The van der Waals surface area contributed by atoms with E-state index in [1.54, 1.807) is 6.92 Å². The Bertz CT molecular complexity index is 263. The fraction of sp³-hybridized carbons (Fsp3) is 0.250. The first-order valence-corrected chi connectivity index (χ1v) is 3.26. The van der Waals surface area contributed by atoms with Crippen LogP contribution in [0.5, 0.6) is 0 Å². The smallest absolute Gasteiger partial charge is 0.153 e. The minimum atomic E-state index is 0.688. The highest BCUT2D eigenvalue weighted by molar-refractivity contribution is 5.95. The van der Waals surface area contributed by atoms with Crippen molar-refractivity contribution < 1.29 is 9.25 Å². The van der Waals surface area contributed by atoms with Crippen molar-refractivity contribution in [1.82, 2.24) is 0 Å². The fourth-order valence-corrected chi connectivity index (χ4v) is 0.771. The standard InChI is InChI=1S/C8H10NO2/c1-6-4-5-8(11-6)7(2)9-10-3/h4-5H,3H2,1-2H3/b9-7-. The molecule has 0 amide bonds. The zero-order valence-electron chi connectivity index (χ0n) is 6.63. The van der Waals surface area contributed by atoms with E-state index in [9.17, 15) is 0 Å². The van der Waals surface area contributed by atoms with Crippen molar-refractivity contribution in [3.05, 3.63) is 30.8 Å². The first-order valence-electron chi connectivity index (χ1n) is 3.26. The predicted molar refractivity (Wildman–Crippen MR) is 42.1 cm³/mol. The molecule has 0 aliphatic rings. The van der Waals surface area contributed by atoms with Crippen molar-refractivity contribution in [3.63, 3.8) is 0 Å². The van der Waals surface area contributed by atoms with Gasteiger partial charge in [-0.2, -0.15) is 0 Å². The summed E-state index contributed by atoms with van der Waals surface area (Å²) in [7, 11) is 3.13. The predicted octanol–water partition coefficient (Wildman–Crippen LogP) is 2.12. The summed E-state index contributed by atoms with van der Waals surface area (Å²) in [6.45, 7) is 3.67. The molecule has 1 radical (unpaired) electrons. The van der Waals surface area contributed by atoms with Gasteiger partial charge in [0.05, 0.1) is 0 Å². The molecule has 0 saturated carbocycles. The molecule has 0 bridgehead atoms. The lowest BCUT2D eigenvalue weighted by Gasteiger charge is -1.92. The summed E-state index contributed by atoms with van der Waals surface area (Å²) in [6.07, 6.45) is 0. The van der Waals surface area contributed by atoms with Gasteiger partial charge in [0.25, 0.3) is 0 Å². The molecule has 0 spiro atoms. The number of nitrogens with zero attached hydrogens (tertiary/aromatic N) is 1. The van der Waals surface area contributed by atoms with Crippen LogP contribution < -0.4 is 0 Å². The highest BCUT2D eigenvalue weighted by Crippen LogP contribution is 2.07. The molecule has 1 aromatic heterocycles. The van der Waals surface area contributed by atoms with Crippen LogP contribution in [0.15, 0.2) is 21.7 Å². The van der Waals surface area contributed by atoms with Crippen LogP contribution in [0.3, 0.4) is 0 Å². The van der Waals surface area contributed by atoms with E-state index in [2.05, 4.69) is 17.1 Å². The quantitative estimate of drug-likeness (QED) is 0.480. The van der Waals surface area contributed by atoms with Crippen LogP contribution in [0.4, 0.5) is 0 Å². The van der Waals surface area contributed by atoms with Crippen LogP contribution in [-0.2, 0) is 4.84 Å². The number of oxime groups is 1. The summed E-state index contributed by atoms with van der Waals surface area (Å²) in [5, 5.41) is 3.62. The largest absolute Gasteiger partial charge is 0.460 e. The molecule has 0 atom stereocenters. The van der Waals surface area contributed by atoms with E-state index in [1.807, 2.05) is 19.1 Å². The van der Waals surface area contributed by atoms with E-state index in [1.165, 1.54) is 0 Å². The number of furan rings is 1. The Morgan fingerprint density at radius 1 is 1.64 bits per heavy atom. The summed E-state index contributed by atoms with van der Waals surface area (Å²) in [6, 6.07) is 3.71. The van der Waals surface area contributed by atoms with Crippen LogP contribution in [-0.4, -0.2) is 5.71 Å². The molecule has 59 valence electrons. The average molecular weight is 152 g/mol. The second-order valence-electron chi connectivity index (χ2n) is 2.22. The number of hydrogen-bond donors (Lipinski definition) is 0. The molecule has 0 saturated heterocycles. The first-order chi connectivity index (χ1) is 5.24. The average Bonchev–Trinajstić information content (AvgIpc) is 2.36. The minimum absolute atomic E-state index is 0.688. The molecule has 0 aliphatic heterocycles. The zero-order chi connectivity index (χ0) is 8.27. The highest BCUT2D eigenvalue weighted by atomic mass is 16.6. The number of aryl methyl sites for hydroxylation is 1. The van der Waals surface area contributed by atoms with Gasteiger partial charge in [-0.15, -0.1) is 0 Å². The van der Waals surface area contributed by atoms with Crippen LogP contribution in [0, 0.1) is 14.0 Å². The fourth-order valence-electron chi connectivity index (χ4n) is 0.771. The second kappa shape index (κ2) is 3.23. The molecule has 3 heteroatoms. The number of rotatable bonds is 2. The van der Waals surface area contributed by atoms with E-state index < -0.39 is 0 Å². The van der Waals surface area contributed by atoms with Gasteiger partial charge in [0, 0.05) is 0 Å². The van der Waals surface area contributed by atoms with E-state index in [4.69, 9.17) is 4.42 Å². The molecule has 0 fully saturated rings. The maximum Gasteiger partial charge on any atom is 0.153 e. The van der Waals surface area contributed by atoms with Crippen molar-refractivity contribution in [2.24, 2.45) is 5.16 Å². The third-order valence-corrected chi connectivity index (χ3v) is 1.30. The SMILES string of the molecule is [CH2]O/N=C(/C)c1ccc(C)o1. The molecule has 1 rings (SSSR count). The molecule has 0 aliphatic carbocycles. The summed E-state index contributed by atoms with van der Waals surface area (Å²) in [5.74, 6) is 1.57. The van der Waals surface area contributed by atoms with Gasteiger partial charge in [-0.25, -0.2) is 0 Å². The summed E-state index contributed by atoms with van der Waals surface area (Å²) >= 11 is 0. The second-order valence-corrected chi connectivity index (χ2v) is 2.22. The molecule has 0 unspecified atom stereocenters. The normalized spacial score (nSPS) is 11.7. The maximum absolute atomic E-state index is 5.26. The molecule has 1 heterocycles. The third kappa shape index (κ3) is 1.83. The molecule has 3 nitrogen and oxygen atoms in total. The Balaban J connectivity index is 2.84. The number of hydrogen-bond acceptors (Lipinski definition) is 3. The molecular weight excluding hydrogens is 142 g/mol. The van der Waals surface area contributed by atoms with Crippen molar-refractivity contribution in [2.45, 2.75) is 13.8 Å². The van der Waals surface area contributed by atoms with Crippen LogP contribution in [0.1, 0.15) is 18.4 Å². The van der Waals surface area contributed by atoms with Gasteiger partial charge in [-0.05, 0) is 26.0 Å². The molecular formula is C8H10NO2. The Kier molecular flexibility index (Phi) is 2.31. The summed E-state index contributed by atoms with van der Waals surface area (Å²) < 4.78 is 5.26. The van der Waals surface area contributed by atoms with E-state index in [0.717, 1.165) is 5.76 Å². The lowest BCUT2D eigenvalue weighted by atomic mass is 10.3. The van der Waals surface area contributed by atoms with Crippen LogP contribution in [0.25, 0.3) is 0 Å². The van der Waals surface area contributed by atoms with Gasteiger partial charge >= 0.3 is 0 Å². The molecule has 0 aromatic carbocycles. The Morgan fingerprint density at radius 3 is 2.82 bits per heavy atom. The van der Waals surface area contributed by atoms with Gasteiger partial charge in [0.15, 0.2) is 12.9 Å². The lowest BCUT2D eigenvalue weighted by Crippen LogP contribution is -1.91. The minimum Gasteiger partial charge on any atom is -0.460 e. The summed E-state index contributed by atoms with van der Waals surface area (Å²) in [5.41, 5.74) is 0.688. The highest BCUT2D eigenvalue weighted by Gasteiger charge is 2.01. The Labute approximate surface area is 65.6 Å². The van der Waals surface area contributed by atoms with Crippen molar-refractivity contribution in [2.75, 3.05) is 0 Å². The van der Waals surface area contributed by atoms with E-state index in [-0.39, 0.29) is 0 Å². The lowest BCUT2D eigenvalue weighted by molar-refractivity contribution is 0.259. The first kappa shape index (κ1) is 7.85. The topological polar surface area (TPSA) is 34.7 Å². The van der Waals surface area contributed by atoms with Crippen LogP contribution >= 0.6 is 0 Å². The van der Waals surface area contributed by atoms with Gasteiger partial charge in [0.2, 0.25) is 0 Å². The van der Waals surface area contributed by atoms with E-state index >= 15 is 0 Å². The maximum atomic E-state index is 5.26. The van der Waals surface area contributed by atoms with Gasteiger partial charge in [-0.3, -0.25) is 0 Å². The Morgan fingerprint density at radius 2 is 2.36 bits per heavy atom. The zero-order valence-corrected chi connectivity index (χ0v) is 6.63. The van der Waals surface area contributed by atoms with Gasteiger partial charge in [-0.1, -0.05) is 5.16 Å². The van der Waals surface area contributed by atoms with Gasteiger partial charge < -0.3 is 9.25 Å². The summed E-state index contributed by atoms with van der Waals surface area (Å²) in [4.78, 5) is 4.35. The van der Waals surface area contributed by atoms with E-state index in [0.29, 0.717) is 11.5 Å². The molecule has 0 N–H and O–H groups in total. The Hall–Kier alpha value is -1.25. The van der Waals surface area contributed by atoms with Gasteiger partial charge in [0.1, 0.15) is 11.5 Å². The van der Waals surface area contributed by atoms with Crippen molar-refractivity contribution in [1.29, 1.82) is 0 Å². The molecule has 11 heavy (non-hydrogen) atoms. The van der Waals surface area contributed by atoms with Crippen molar-refractivity contribution in [3.8, 4) is 0 Å². The van der Waals surface area contributed by atoms with Crippen LogP contribution in [0.2, 0.25) is 0 Å².